The van der Waals surface area contributed by atoms with E-state index >= 15 is 0 Å². The maximum atomic E-state index is 12.7. The van der Waals surface area contributed by atoms with Crippen LogP contribution >= 0.6 is 0 Å². The van der Waals surface area contributed by atoms with Crippen LogP contribution in [0.2, 0.25) is 0 Å². The molecular weight excluding hydrogens is 310 g/mol. The molecule has 0 radical (unpaired) electrons. The molecule has 0 saturated carbocycles. The minimum atomic E-state index is -0.952. The van der Waals surface area contributed by atoms with Crippen molar-refractivity contribution < 1.29 is 24.2 Å². The van der Waals surface area contributed by atoms with Gasteiger partial charge < -0.3 is 19.5 Å². The van der Waals surface area contributed by atoms with E-state index in [-0.39, 0.29) is 5.91 Å². The standard InChI is InChI=1S/C18H25NO5/c1-12(2)11-24-15-8-7-13(10-16(15)23-3)17(20)19-9-5-4-6-14(19)18(21)22/h7-8,10,12,14H,4-6,9,11H2,1-3H3,(H,21,22). The number of nitrogens with zero attached hydrogens (tertiary/aromatic N) is 1. The Balaban J connectivity index is 2.21. The smallest absolute Gasteiger partial charge is 0.326 e. The first kappa shape index (κ1) is 18.1. The summed E-state index contributed by atoms with van der Waals surface area (Å²) in [4.78, 5) is 25.6. The normalized spacial score (nSPS) is 17.7. The summed E-state index contributed by atoms with van der Waals surface area (Å²) in [6.45, 7) is 5.11. The molecule has 132 valence electrons. The number of piperidine rings is 1. The lowest BCUT2D eigenvalue weighted by Gasteiger charge is -2.33. The third-order valence-corrected chi connectivity index (χ3v) is 4.03. The van der Waals surface area contributed by atoms with Crippen molar-refractivity contribution in [1.82, 2.24) is 4.90 Å². The minimum Gasteiger partial charge on any atom is -0.493 e. The zero-order valence-electron chi connectivity index (χ0n) is 14.4. The molecule has 1 aliphatic rings. The Kier molecular flexibility index (Phi) is 6.06. The van der Waals surface area contributed by atoms with Gasteiger partial charge in [0.15, 0.2) is 11.5 Å². The molecule has 2 rings (SSSR count). The third-order valence-electron chi connectivity index (χ3n) is 4.03. The first-order chi connectivity index (χ1) is 11.4. The predicted octanol–water partition coefficient (Wildman–Crippen LogP) is 2.81. The van der Waals surface area contributed by atoms with Crippen LogP contribution in [0.4, 0.5) is 0 Å². The molecule has 1 atom stereocenters. The van der Waals surface area contributed by atoms with E-state index in [1.165, 1.54) is 12.0 Å². The van der Waals surface area contributed by atoms with Gasteiger partial charge in [0, 0.05) is 12.1 Å². The molecule has 0 aliphatic carbocycles. The quantitative estimate of drug-likeness (QED) is 0.865. The van der Waals surface area contributed by atoms with Crippen molar-refractivity contribution in [3.63, 3.8) is 0 Å². The van der Waals surface area contributed by atoms with Crippen molar-refractivity contribution in [2.75, 3.05) is 20.3 Å². The van der Waals surface area contributed by atoms with Crippen LogP contribution in [0, 0.1) is 5.92 Å². The molecule has 0 aromatic heterocycles. The Morgan fingerprint density at radius 2 is 2.04 bits per heavy atom. The first-order valence-electron chi connectivity index (χ1n) is 8.28. The Morgan fingerprint density at radius 3 is 2.67 bits per heavy atom. The largest absolute Gasteiger partial charge is 0.493 e. The third kappa shape index (κ3) is 4.19. The average Bonchev–Trinajstić information content (AvgIpc) is 2.59. The lowest BCUT2D eigenvalue weighted by Crippen LogP contribution is -2.47. The van der Waals surface area contributed by atoms with Crippen LogP contribution in [0.5, 0.6) is 11.5 Å². The van der Waals surface area contributed by atoms with Crippen molar-refractivity contribution in [2.24, 2.45) is 5.92 Å². The van der Waals surface area contributed by atoms with Gasteiger partial charge in [-0.1, -0.05) is 13.8 Å². The molecule has 1 heterocycles. The Bertz CT molecular complexity index is 599. The Morgan fingerprint density at radius 1 is 1.29 bits per heavy atom. The number of aliphatic carboxylic acids is 1. The summed E-state index contributed by atoms with van der Waals surface area (Å²) in [6.07, 6.45) is 2.14. The van der Waals surface area contributed by atoms with Crippen molar-refractivity contribution in [1.29, 1.82) is 0 Å². The van der Waals surface area contributed by atoms with Crippen LogP contribution in [0.3, 0.4) is 0 Å². The van der Waals surface area contributed by atoms with Crippen LogP contribution in [0.25, 0.3) is 0 Å². The van der Waals surface area contributed by atoms with E-state index in [9.17, 15) is 14.7 Å². The van der Waals surface area contributed by atoms with E-state index in [2.05, 4.69) is 0 Å². The highest BCUT2D eigenvalue weighted by Crippen LogP contribution is 2.30. The highest BCUT2D eigenvalue weighted by Gasteiger charge is 2.32. The number of hydrogen-bond acceptors (Lipinski definition) is 4. The molecule has 1 N–H and O–H groups in total. The number of rotatable bonds is 6. The van der Waals surface area contributed by atoms with Crippen LogP contribution in [0.15, 0.2) is 18.2 Å². The summed E-state index contributed by atoms with van der Waals surface area (Å²) in [5.74, 6) is 0.199. The summed E-state index contributed by atoms with van der Waals surface area (Å²) in [5.41, 5.74) is 0.414. The molecule has 1 aromatic carbocycles. The van der Waals surface area contributed by atoms with E-state index in [0.29, 0.717) is 42.6 Å². The van der Waals surface area contributed by atoms with Gasteiger partial charge in [-0.15, -0.1) is 0 Å². The van der Waals surface area contributed by atoms with Crippen molar-refractivity contribution >= 4 is 11.9 Å². The molecule has 6 nitrogen and oxygen atoms in total. The fourth-order valence-electron chi connectivity index (χ4n) is 2.77. The molecule has 1 amide bonds. The number of benzene rings is 1. The Labute approximate surface area is 142 Å². The summed E-state index contributed by atoms with van der Waals surface area (Å²) in [5, 5.41) is 9.33. The molecule has 24 heavy (non-hydrogen) atoms. The predicted molar refractivity (Wildman–Crippen MR) is 89.6 cm³/mol. The van der Waals surface area contributed by atoms with Gasteiger partial charge in [-0.3, -0.25) is 4.79 Å². The molecule has 6 heteroatoms. The molecule has 0 bridgehead atoms. The highest BCUT2D eigenvalue weighted by atomic mass is 16.5. The number of carbonyl (C=O) groups is 2. The summed E-state index contributed by atoms with van der Waals surface area (Å²) >= 11 is 0. The number of likely N-dealkylation sites (tertiary alicyclic amines) is 1. The molecule has 1 fully saturated rings. The minimum absolute atomic E-state index is 0.282. The molecule has 1 unspecified atom stereocenters. The van der Waals surface area contributed by atoms with Gasteiger partial charge >= 0.3 is 5.97 Å². The summed E-state index contributed by atoms with van der Waals surface area (Å²) < 4.78 is 11.0. The lowest BCUT2D eigenvalue weighted by molar-refractivity contribution is -0.143. The number of ether oxygens (including phenoxy) is 2. The lowest BCUT2D eigenvalue weighted by atomic mass is 10.0. The van der Waals surface area contributed by atoms with Crippen LogP contribution < -0.4 is 9.47 Å². The second kappa shape index (κ2) is 8.04. The van der Waals surface area contributed by atoms with E-state index in [4.69, 9.17) is 9.47 Å². The number of carbonyl (C=O) groups excluding carboxylic acids is 1. The highest BCUT2D eigenvalue weighted by molar-refractivity contribution is 5.97. The van der Waals surface area contributed by atoms with Gasteiger partial charge in [-0.05, 0) is 43.4 Å². The van der Waals surface area contributed by atoms with E-state index in [1.54, 1.807) is 18.2 Å². The van der Waals surface area contributed by atoms with Gasteiger partial charge in [0.25, 0.3) is 5.91 Å². The monoisotopic (exact) mass is 335 g/mol. The van der Waals surface area contributed by atoms with Crippen molar-refractivity contribution in [2.45, 2.75) is 39.2 Å². The summed E-state index contributed by atoms with van der Waals surface area (Å²) in [7, 11) is 1.52. The molecule has 1 saturated heterocycles. The van der Waals surface area contributed by atoms with Crippen molar-refractivity contribution in [3.05, 3.63) is 23.8 Å². The maximum absolute atomic E-state index is 12.7. The van der Waals surface area contributed by atoms with E-state index < -0.39 is 12.0 Å². The molecule has 1 aliphatic heterocycles. The van der Waals surface area contributed by atoms with Gasteiger partial charge in [0.05, 0.1) is 13.7 Å². The van der Waals surface area contributed by atoms with Gasteiger partial charge in [0.2, 0.25) is 0 Å². The fraction of sp³-hybridized carbons (Fsp3) is 0.556. The van der Waals surface area contributed by atoms with Gasteiger partial charge in [0.1, 0.15) is 6.04 Å². The first-order valence-corrected chi connectivity index (χ1v) is 8.28. The van der Waals surface area contributed by atoms with E-state index in [0.717, 1.165) is 12.8 Å². The van der Waals surface area contributed by atoms with Gasteiger partial charge in [-0.2, -0.15) is 0 Å². The van der Waals surface area contributed by atoms with Crippen LogP contribution in [-0.2, 0) is 4.79 Å². The number of carboxylic acid groups (broad SMARTS) is 1. The fourth-order valence-corrected chi connectivity index (χ4v) is 2.77. The van der Waals surface area contributed by atoms with Crippen LogP contribution in [0.1, 0.15) is 43.5 Å². The van der Waals surface area contributed by atoms with Crippen LogP contribution in [-0.4, -0.2) is 48.2 Å². The van der Waals surface area contributed by atoms with Crippen molar-refractivity contribution in [3.8, 4) is 11.5 Å². The topological polar surface area (TPSA) is 76.1 Å². The zero-order chi connectivity index (χ0) is 17.7. The second-order valence-corrected chi connectivity index (χ2v) is 6.42. The number of carboxylic acids is 1. The summed E-state index contributed by atoms with van der Waals surface area (Å²) in [6, 6.07) is 4.22. The molecule has 0 spiro atoms. The molecule has 1 aromatic rings. The SMILES string of the molecule is COc1cc(C(=O)N2CCCCC2C(=O)O)ccc1OCC(C)C. The molecular formula is C18H25NO5. The number of amides is 1. The van der Waals surface area contributed by atoms with Gasteiger partial charge in [-0.25, -0.2) is 4.79 Å². The number of methoxy groups -OCH3 is 1. The number of hydrogen-bond donors (Lipinski definition) is 1. The second-order valence-electron chi connectivity index (χ2n) is 6.42. The zero-order valence-corrected chi connectivity index (χ0v) is 14.4. The maximum Gasteiger partial charge on any atom is 0.326 e. The Hall–Kier alpha value is -2.24. The van der Waals surface area contributed by atoms with E-state index in [1.807, 2.05) is 13.8 Å². The average molecular weight is 335 g/mol.